The summed E-state index contributed by atoms with van der Waals surface area (Å²) in [7, 11) is 0. The molecule has 0 saturated carbocycles. The van der Waals surface area contributed by atoms with Crippen LogP contribution in [-0.4, -0.2) is 0 Å². The Hall–Kier alpha value is -2.33. The van der Waals surface area contributed by atoms with Gasteiger partial charge in [-0.15, -0.1) is 0 Å². The zero-order chi connectivity index (χ0) is 16.6. The van der Waals surface area contributed by atoms with Gasteiger partial charge in [0.1, 0.15) is 23.8 Å². The summed E-state index contributed by atoms with van der Waals surface area (Å²) in [6.07, 6.45) is 0. The van der Waals surface area contributed by atoms with Crippen molar-refractivity contribution < 1.29 is 13.5 Å². The van der Waals surface area contributed by atoms with Gasteiger partial charge in [0.25, 0.3) is 0 Å². The molecule has 0 N–H and O–H groups in total. The second-order valence-electron chi connectivity index (χ2n) is 5.32. The lowest BCUT2D eigenvalue weighted by atomic mass is 10.1. The molecule has 1 aromatic heterocycles. The minimum absolute atomic E-state index is 0.194. The number of hydrogen-bond donors (Lipinski definition) is 0. The van der Waals surface area contributed by atoms with Crippen molar-refractivity contribution in [1.82, 2.24) is 0 Å². The molecule has 0 radical (unpaired) electrons. The predicted molar refractivity (Wildman–Crippen MR) is 87.7 cm³/mol. The second-order valence-corrected chi connectivity index (χ2v) is 5.73. The number of hydrogen-bond acceptors (Lipinski definition) is 3. The first-order valence-electron chi connectivity index (χ1n) is 7.06. The molecule has 0 unspecified atom stereocenters. The van der Waals surface area contributed by atoms with E-state index in [2.05, 4.69) is 0 Å². The number of ether oxygens (including phenoxy) is 1. The van der Waals surface area contributed by atoms with Crippen LogP contribution in [0.15, 0.2) is 45.6 Å². The Balaban J connectivity index is 1.89. The average Bonchev–Trinajstić information content (AvgIpc) is 2.52. The smallest absolute Gasteiger partial charge is 0.339 e. The molecule has 3 aromatic rings. The zero-order valence-electron chi connectivity index (χ0n) is 12.7. The molecule has 0 aliphatic rings. The van der Waals surface area contributed by atoms with E-state index in [0.717, 1.165) is 10.9 Å². The molecule has 118 valence electrons. The molecule has 5 heteroatoms. The number of benzene rings is 2. The SMILES string of the molecule is Cc1c(C)c2ccc(OCc3ccc(F)cc3Cl)cc2oc1=O. The summed E-state index contributed by atoms with van der Waals surface area (Å²) in [5.74, 6) is 0.154. The van der Waals surface area contributed by atoms with Gasteiger partial charge >= 0.3 is 5.63 Å². The molecule has 0 fully saturated rings. The van der Waals surface area contributed by atoms with E-state index in [0.29, 0.717) is 27.5 Å². The van der Waals surface area contributed by atoms with Crippen LogP contribution in [0.1, 0.15) is 16.7 Å². The fraction of sp³-hybridized carbons (Fsp3) is 0.167. The predicted octanol–water partition coefficient (Wildman–Crippen LogP) is 4.78. The van der Waals surface area contributed by atoms with E-state index in [1.54, 1.807) is 25.1 Å². The van der Waals surface area contributed by atoms with E-state index in [1.165, 1.54) is 12.1 Å². The van der Waals surface area contributed by atoms with Gasteiger partial charge in [0.15, 0.2) is 0 Å². The van der Waals surface area contributed by atoms with Crippen molar-refractivity contribution in [1.29, 1.82) is 0 Å². The number of aryl methyl sites for hydroxylation is 1. The van der Waals surface area contributed by atoms with Crippen LogP contribution in [0, 0.1) is 19.7 Å². The normalized spacial score (nSPS) is 11.0. The van der Waals surface area contributed by atoms with Crippen LogP contribution in [0.5, 0.6) is 5.75 Å². The van der Waals surface area contributed by atoms with Gasteiger partial charge in [-0.1, -0.05) is 17.7 Å². The van der Waals surface area contributed by atoms with E-state index < -0.39 is 5.82 Å². The first kappa shape index (κ1) is 15.6. The minimum Gasteiger partial charge on any atom is -0.489 e. The van der Waals surface area contributed by atoms with Crippen LogP contribution >= 0.6 is 11.6 Å². The molecule has 0 amide bonds. The van der Waals surface area contributed by atoms with Crippen molar-refractivity contribution in [2.24, 2.45) is 0 Å². The van der Waals surface area contributed by atoms with Crippen molar-refractivity contribution in [3.8, 4) is 5.75 Å². The largest absolute Gasteiger partial charge is 0.489 e. The van der Waals surface area contributed by atoms with Crippen LogP contribution < -0.4 is 10.4 Å². The Labute approximate surface area is 137 Å². The summed E-state index contributed by atoms with van der Waals surface area (Å²) in [6, 6.07) is 9.46. The van der Waals surface area contributed by atoms with Gasteiger partial charge in [0, 0.05) is 22.6 Å². The number of halogens is 2. The highest BCUT2D eigenvalue weighted by atomic mass is 35.5. The van der Waals surface area contributed by atoms with Crippen molar-refractivity contribution in [3.05, 3.63) is 74.3 Å². The van der Waals surface area contributed by atoms with E-state index in [9.17, 15) is 9.18 Å². The Morgan fingerprint density at radius 1 is 1.13 bits per heavy atom. The lowest BCUT2D eigenvalue weighted by Gasteiger charge is -2.09. The molecule has 1 heterocycles. The van der Waals surface area contributed by atoms with Gasteiger partial charge in [0.05, 0.1) is 5.02 Å². The van der Waals surface area contributed by atoms with Crippen molar-refractivity contribution in [3.63, 3.8) is 0 Å². The van der Waals surface area contributed by atoms with Crippen molar-refractivity contribution in [2.45, 2.75) is 20.5 Å². The first-order chi connectivity index (χ1) is 11.0. The Bertz CT molecular complexity index is 947. The van der Waals surface area contributed by atoms with Crippen LogP contribution in [0.3, 0.4) is 0 Å². The van der Waals surface area contributed by atoms with Gasteiger partial charge < -0.3 is 9.15 Å². The highest BCUT2D eigenvalue weighted by molar-refractivity contribution is 6.31. The molecule has 3 rings (SSSR count). The van der Waals surface area contributed by atoms with Crippen molar-refractivity contribution >= 4 is 22.6 Å². The average molecular weight is 333 g/mol. The lowest BCUT2D eigenvalue weighted by molar-refractivity contribution is 0.306. The van der Waals surface area contributed by atoms with Crippen LogP contribution in [0.25, 0.3) is 11.0 Å². The Morgan fingerprint density at radius 2 is 1.91 bits per heavy atom. The third-order valence-corrected chi connectivity index (χ3v) is 4.19. The maximum absolute atomic E-state index is 13.0. The molecular formula is C18H14ClFO3. The summed E-state index contributed by atoms with van der Waals surface area (Å²) in [6.45, 7) is 3.81. The fourth-order valence-corrected chi connectivity index (χ4v) is 2.54. The molecule has 0 bridgehead atoms. The summed E-state index contributed by atoms with van der Waals surface area (Å²) in [5, 5.41) is 1.18. The fourth-order valence-electron chi connectivity index (χ4n) is 2.32. The standard InChI is InChI=1S/C18H14ClFO3/c1-10-11(2)18(21)23-17-8-14(5-6-15(10)17)22-9-12-3-4-13(20)7-16(12)19/h3-8H,9H2,1-2H3. The molecule has 0 aliphatic carbocycles. The van der Waals surface area contributed by atoms with Crippen molar-refractivity contribution in [2.75, 3.05) is 0 Å². The van der Waals surface area contributed by atoms with Crippen LogP contribution in [0.2, 0.25) is 5.02 Å². The summed E-state index contributed by atoms with van der Waals surface area (Å²) >= 11 is 5.97. The number of fused-ring (bicyclic) bond motifs is 1. The summed E-state index contributed by atoms with van der Waals surface area (Å²) < 4.78 is 24.0. The molecule has 0 aliphatic heterocycles. The van der Waals surface area contributed by atoms with Crippen LogP contribution in [0.4, 0.5) is 4.39 Å². The van der Waals surface area contributed by atoms with Gasteiger partial charge in [-0.25, -0.2) is 9.18 Å². The zero-order valence-corrected chi connectivity index (χ0v) is 13.4. The molecule has 3 nitrogen and oxygen atoms in total. The molecule has 0 atom stereocenters. The summed E-state index contributed by atoms with van der Waals surface area (Å²) in [5.41, 5.74) is 2.29. The van der Waals surface area contributed by atoms with Gasteiger partial charge in [-0.3, -0.25) is 0 Å². The first-order valence-corrected chi connectivity index (χ1v) is 7.44. The number of rotatable bonds is 3. The second kappa shape index (κ2) is 6.05. The maximum Gasteiger partial charge on any atom is 0.339 e. The Morgan fingerprint density at radius 3 is 2.65 bits per heavy atom. The third-order valence-electron chi connectivity index (χ3n) is 3.84. The maximum atomic E-state index is 13.0. The van der Waals surface area contributed by atoms with E-state index in [-0.39, 0.29) is 12.2 Å². The lowest BCUT2D eigenvalue weighted by Crippen LogP contribution is -2.05. The molecule has 0 spiro atoms. The molecular weight excluding hydrogens is 319 g/mol. The van der Waals surface area contributed by atoms with Gasteiger partial charge in [0.2, 0.25) is 0 Å². The van der Waals surface area contributed by atoms with Gasteiger partial charge in [-0.05, 0) is 43.7 Å². The van der Waals surface area contributed by atoms with Crippen LogP contribution in [-0.2, 0) is 6.61 Å². The van der Waals surface area contributed by atoms with Gasteiger partial charge in [-0.2, -0.15) is 0 Å². The molecule has 0 saturated heterocycles. The highest BCUT2D eigenvalue weighted by Gasteiger charge is 2.09. The molecule has 2 aromatic carbocycles. The third kappa shape index (κ3) is 3.08. The van der Waals surface area contributed by atoms with E-state index in [4.69, 9.17) is 20.8 Å². The van der Waals surface area contributed by atoms with E-state index in [1.807, 2.05) is 13.0 Å². The monoisotopic (exact) mass is 332 g/mol. The quantitative estimate of drug-likeness (QED) is 0.648. The Kier molecular flexibility index (Phi) is 4.09. The highest BCUT2D eigenvalue weighted by Crippen LogP contribution is 2.25. The topological polar surface area (TPSA) is 39.4 Å². The van der Waals surface area contributed by atoms with E-state index >= 15 is 0 Å². The minimum atomic E-state index is -0.392. The molecule has 23 heavy (non-hydrogen) atoms. The summed E-state index contributed by atoms with van der Waals surface area (Å²) in [4.78, 5) is 11.8.